The summed E-state index contributed by atoms with van der Waals surface area (Å²) < 4.78 is 31.8. The number of sulfonamides is 1. The quantitative estimate of drug-likeness (QED) is 0.763. The summed E-state index contributed by atoms with van der Waals surface area (Å²) in [7, 11) is -3.50. The molecular formula is C20H22N2O4S. The molecule has 1 amide bonds. The number of nitrogens with zero attached hydrogens (tertiary/aromatic N) is 2. The molecule has 142 valence electrons. The Kier molecular flexibility index (Phi) is 6.26. The molecule has 2 aromatic rings. The minimum Gasteiger partial charge on any atom is -0.484 e. The van der Waals surface area contributed by atoms with Crippen molar-refractivity contribution in [2.75, 3.05) is 32.8 Å². The van der Waals surface area contributed by atoms with Gasteiger partial charge in [0.2, 0.25) is 10.0 Å². The number of hydrogen-bond donors (Lipinski definition) is 0. The first kappa shape index (κ1) is 19.1. The molecule has 0 aromatic heterocycles. The van der Waals surface area contributed by atoms with E-state index >= 15 is 0 Å². The molecule has 1 aliphatic heterocycles. The van der Waals surface area contributed by atoms with Gasteiger partial charge in [-0.3, -0.25) is 4.79 Å². The van der Waals surface area contributed by atoms with Gasteiger partial charge in [-0.25, -0.2) is 8.42 Å². The van der Waals surface area contributed by atoms with Crippen LogP contribution in [0.5, 0.6) is 5.75 Å². The molecule has 6 nitrogen and oxygen atoms in total. The second-order valence-electron chi connectivity index (χ2n) is 6.14. The molecule has 1 aliphatic rings. The molecule has 1 fully saturated rings. The molecule has 1 saturated heterocycles. The molecule has 0 radical (unpaired) electrons. The van der Waals surface area contributed by atoms with Crippen molar-refractivity contribution in [3.05, 3.63) is 71.6 Å². The Morgan fingerprint density at radius 2 is 1.52 bits per heavy atom. The average molecular weight is 386 g/mol. The second kappa shape index (κ2) is 8.83. The summed E-state index contributed by atoms with van der Waals surface area (Å²) in [4.78, 5) is 13.9. The van der Waals surface area contributed by atoms with Crippen LogP contribution in [0.15, 0.2) is 66.1 Å². The SMILES string of the molecule is O=C(COc1ccccc1)N1CCN(S(=O)(=O)/C=C/c2ccccc2)CC1. The van der Waals surface area contributed by atoms with E-state index in [2.05, 4.69) is 0 Å². The molecule has 3 rings (SSSR count). The Bertz CT molecular complexity index is 875. The minimum atomic E-state index is -3.50. The van der Waals surface area contributed by atoms with Gasteiger partial charge < -0.3 is 9.64 Å². The number of carbonyl (C=O) groups is 1. The van der Waals surface area contributed by atoms with E-state index in [0.717, 1.165) is 5.56 Å². The lowest BCUT2D eigenvalue weighted by Gasteiger charge is -2.33. The van der Waals surface area contributed by atoms with Crippen molar-refractivity contribution in [3.63, 3.8) is 0 Å². The number of amides is 1. The highest BCUT2D eigenvalue weighted by Gasteiger charge is 2.27. The predicted octanol–water partition coefficient (Wildman–Crippen LogP) is 2.21. The molecule has 0 atom stereocenters. The summed E-state index contributed by atoms with van der Waals surface area (Å²) in [6, 6.07) is 18.4. The Morgan fingerprint density at radius 1 is 0.926 bits per heavy atom. The molecule has 0 aliphatic carbocycles. The number of hydrogen-bond acceptors (Lipinski definition) is 4. The highest BCUT2D eigenvalue weighted by Crippen LogP contribution is 2.13. The summed E-state index contributed by atoms with van der Waals surface area (Å²) >= 11 is 0. The maximum Gasteiger partial charge on any atom is 0.260 e. The van der Waals surface area contributed by atoms with Crippen molar-refractivity contribution in [2.45, 2.75) is 0 Å². The second-order valence-corrected chi connectivity index (χ2v) is 7.96. The van der Waals surface area contributed by atoms with Crippen LogP contribution in [0.1, 0.15) is 5.56 Å². The van der Waals surface area contributed by atoms with Crippen LogP contribution in [0.4, 0.5) is 0 Å². The van der Waals surface area contributed by atoms with E-state index in [-0.39, 0.29) is 25.6 Å². The van der Waals surface area contributed by atoms with E-state index < -0.39 is 10.0 Å². The van der Waals surface area contributed by atoms with Crippen LogP contribution in [0.2, 0.25) is 0 Å². The van der Waals surface area contributed by atoms with Crippen molar-refractivity contribution in [1.82, 2.24) is 9.21 Å². The third-order valence-corrected chi connectivity index (χ3v) is 5.85. The van der Waals surface area contributed by atoms with Crippen LogP contribution in [0.3, 0.4) is 0 Å². The summed E-state index contributed by atoms with van der Waals surface area (Å²) in [6.45, 7) is 1.21. The smallest absolute Gasteiger partial charge is 0.260 e. The van der Waals surface area contributed by atoms with Crippen LogP contribution in [0, 0.1) is 0 Å². The number of rotatable bonds is 6. The fourth-order valence-corrected chi connectivity index (χ4v) is 3.93. The van der Waals surface area contributed by atoms with E-state index in [4.69, 9.17) is 4.74 Å². The predicted molar refractivity (Wildman–Crippen MR) is 104 cm³/mol. The molecule has 0 saturated carbocycles. The Balaban J connectivity index is 1.50. The van der Waals surface area contributed by atoms with Gasteiger partial charge in [-0.1, -0.05) is 48.5 Å². The lowest BCUT2D eigenvalue weighted by atomic mass is 10.2. The lowest BCUT2D eigenvalue weighted by molar-refractivity contribution is -0.134. The Labute approximate surface area is 159 Å². The highest BCUT2D eigenvalue weighted by molar-refractivity contribution is 7.92. The van der Waals surface area contributed by atoms with E-state index in [0.29, 0.717) is 18.8 Å². The number of carbonyl (C=O) groups excluding carboxylic acids is 1. The zero-order valence-electron chi connectivity index (χ0n) is 14.9. The normalized spacial score (nSPS) is 15.8. The maximum absolute atomic E-state index is 12.5. The van der Waals surface area contributed by atoms with Crippen molar-refractivity contribution in [3.8, 4) is 5.75 Å². The fraction of sp³-hybridized carbons (Fsp3) is 0.250. The molecule has 7 heteroatoms. The van der Waals surface area contributed by atoms with Crippen LogP contribution in [-0.2, 0) is 14.8 Å². The maximum atomic E-state index is 12.5. The van der Waals surface area contributed by atoms with E-state index in [1.807, 2.05) is 48.5 Å². The molecule has 0 spiro atoms. The first-order valence-corrected chi connectivity index (χ1v) is 10.2. The Morgan fingerprint density at radius 3 is 2.15 bits per heavy atom. The van der Waals surface area contributed by atoms with Crippen LogP contribution in [-0.4, -0.2) is 56.3 Å². The van der Waals surface area contributed by atoms with Gasteiger partial charge in [-0.15, -0.1) is 0 Å². The van der Waals surface area contributed by atoms with Gasteiger partial charge in [-0.2, -0.15) is 4.31 Å². The van der Waals surface area contributed by atoms with Crippen molar-refractivity contribution in [2.24, 2.45) is 0 Å². The molecule has 2 aromatic carbocycles. The van der Waals surface area contributed by atoms with Gasteiger partial charge in [0.25, 0.3) is 5.91 Å². The summed E-state index contributed by atoms with van der Waals surface area (Å²) in [5.74, 6) is 0.494. The van der Waals surface area contributed by atoms with E-state index in [1.54, 1.807) is 23.1 Å². The van der Waals surface area contributed by atoms with Gasteiger partial charge in [0.05, 0.1) is 0 Å². The molecule has 27 heavy (non-hydrogen) atoms. The molecule has 0 bridgehead atoms. The highest BCUT2D eigenvalue weighted by atomic mass is 32.2. The van der Waals surface area contributed by atoms with Gasteiger partial charge in [0.15, 0.2) is 6.61 Å². The van der Waals surface area contributed by atoms with Crippen LogP contribution < -0.4 is 4.74 Å². The van der Waals surface area contributed by atoms with Crippen LogP contribution in [0.25, 0.3) is 6.08 Å². The standard InChI is InChI=1S/C20H22N2O4S/c23-20(17-26-19-9-5-2-6-10-19)21-12-14-22(15-13-21)27(24,25)16-11-18-7-3-1-4-8-18/h1-11,16H,12-15,17H2/b16-11+. The number of ether oxygens (including phenoxy) is 1. The largest absolute Gasteiger partial charge is 0.484 e. The first-order chi connectivity index (χ1) is 13.0. The summed E-state index contributed by atoms with van der Waals surface area (Å²) in [6.07, 6.45) is 1.58. The van der Waals surface area contributed by atoms with Gasteiger partial charge in [-0.05, 0) is 23.8 Å². The summed E-state index contributed by atoms with van der Waals surface area (Å²) in [5.41, 5.74) is 0.827. The third-order valence-electron chi connectivity index (χ3n) is 4.29. The lowest BCUT2D eigenvalue weighted by Crippen LogP contribution is -2.51. The van der Waals surface area contributed by atoms with Crippen LogP contribution >= 0.6 is 0 Å². The summed E-state index contributed by atoms with van der Waals surface area (Å²) in [5, 5.41) is 1.22. The van der Waals surface area contributed by atoms with Gasteiger partial charge in [0.1, 0.15) is 5.75 Å². The zero-order chi connectivity index (χ0) is 19.1. The first-order valence-electron chi connectivity index (χ1n) is 8.73. The van der Waals surface area contributed by atoms with Crippen molar-refractivity contribution >= 4 is 22.0 Å². The molecular weight excluding hydrogens is 364 g/mol. The van der Waals surface area contributed by atoms with Gasteiger partial charge >= 0.3 is 0 Å². The number of benzene rings is 2. The zero-order valence-corrected chi connectivity index (χ0v) is 15.7. The van der Waals surface area contributed by atoms with E-state index in [9.17, 15) is 13.2 Å². The average Bonchev–Trinajstić information content (AvgIpc) is 2.72. The minimum absolute atomic E-state index is 0.0509. The molecule has 1 heterocycles. The fourth-order valence-electron chi connectivity index (χ4n) is 2.76. The molecule has 0 unspecified atom stereocenters. The number of piperazine rings is 1. The third kappa shape index (κ3) is 5.42. The molecule has 0 N–H and O–H groups in total. The Hall–Kier alpha value is -2.64. The number of para-hydroxylation sites is 1. The monoisotopic (exact) mass is 386 g/mol. The van der Waals surface area contributed by atoms with Gasteiger partial charge in [0, 0.05) is 31.6 Å². The van der Waals surface area contributed by atoms with Crippen molar-refractivity contribution in [1.29, 1.82) is 0 Å². The van der Waals surface area contributed by atoms with Crippen molar-refractivity contribution < 1.29 is 17.9 Å². The van der Waals surface area contributed by atoms with E-state index in [1.165, 1.54) is 9.71 Å². The topological polar surface area (TPSA) is 66.9 Å².